The van der Waals surface area contributed by atoms with Crippen LogP contribution in [0.4, 0.5) is 0 Å². The molecule has 2 saturated heterocycles. The second-order valence-electron chi connectivity index (χ2n) is 5.11. The van der Waals surface area contributed by atoms with E-state index in [0.717, 1.165) is 25.9 Å². The molecule has 0 aromatic heterocycles. The van der Waals surface area contributed by atoms with Crippen LogP contribution in [-0.2, 0) is 9.53 Å². The van der Waals surface area contributed by atoms with Gasteiger partial charge in [-0.15, -0.1) is 0 Å². The molecule has 2 aliphatic rings. The minimum Gasteiger partial charge on any atom is -0.372 e. The van der Waals surface area contributed by atoms with Crippen molar-refractivity contribution in [3.63, 3.8) is 0 Å². The van der Waals surface area contributed by atoms with Crippen LogP contribution in [0.15, 0.2) is 0 Å². The normalized spacial score (nSPS) is 31.8. The maximum absolute atomic E-state index is 11.8. The molecule has 3 unspecified atom stereocenters. The Labute approximate surface area is 96.3 Å². The number of nitrogens with zero attached hydrogens (tertiary/aromatic N) is 1. The number of nitrogens with two attached hydrogens (primary N) is 1. The van der Waals surface area contributed by atoms with Crippen LogP contribution in [-0.4, -0.2) is 42.1 Å². The second-order valence-corrected chi connectivity index (χ2v) is 5.11. The summed E-state index contributed by atoms with van der Waals surface area (Å²) in [5.74, 6) is 5.42. The highest BCUT2D eigenvalue weighted by Gasteiger charge is 2.39. The fraction of sp³-hybridized carbons (Fsp3) is 0.909. The van der Waals surface area contributed by atoms with Gasteiger partial charge in [0, 0.05) is 13.1 Å². The molecule has 2 aliphatic heterocycles. The molecule has 2 heterocycles. The van der Waals surface area contributed by atoms with E-state index in [1.165, 1.54) is 0 Å². The van der Waals surface area contributed by atoms with E-state index in [9.17, 15) is 4.79 Å². The lowest BCUT2D eigenvalue weighted by molar-refractivity contribution is -0.132. The van der Waals surface area contributed by atoms with E-state index in [1.807, 2.05) is 0 Å². The van der Waals surface area contributed by atoms with E-state index < -0.39 is 0 Å². The highest BCUT2D eigenvalue weighted by Crippen LogP contribution is 2.28. The van der Waals surface area contributed by atoms with Crippen molar-refractivity contribution in [2.45, 2.75) is 44.9 Å². The van der Waals surface area contributed by atoms with Crippen molar-refractivity contribution in [1.29, 1.82) is 0 Å². The molecular formula is C11H21N3O2. The summed E-state index contributed by atoms with van der Waals surface area (Å²) in [6.07, 6.45) is 2.86. The van der Waals surface area contributed by atoms with Gasteiger partial charge in [-0.2, -0.15) is 0 Å². The van der Waals surface area contributed by atoms with Gasteiger partial charge in [0.2, 0.25) is 0 Å². The summed E-state index contributed by atoms with van der Waals surface area (Å²) in [6, 6.07) is -0.128. The Morgan fingerprint density at radius 1 is 1.38 bits per heavy atom. The van der Waals surface area contributed by atoms with E-state index in [2.05, 4.69) is 24.2 Å². The van der Waals surface area contributed by atoms with E-state index in [-0.39, 0.29) is 17.9 Å². The smallest absolute Gasteiger partial charge is 0.251 e. The fourth-order valence-electron chi connectivity index (χ4n) is 2.85. The molecule has 0 aromatic rings. The molecule has 0 aromatic carbocycles. The molecule has 3 N–H and O–H groups in total. The second kappa shape index (κ2) is 4.69. The zero-order chi connectivity index (χ0) is 11.7. The average molecular weight is 227 g/mol. The van der Waals surface area contributed by atoms with Crippen molar-refractivity contribution < 1.29 is 9.53 Å². The van der Waals surface area contributed by atoms with Gasteiger partial charge in [0.15, 0.2) is 0 Å². The number of hydrogen-bond acceptors (Lipinski definition) is 4. The number of hydrogen-bond donors (Lipinski definition) is 2. The lowest BCUT2D eigenvalue weighted by Crippen LogP contribution is -2.56. The maximum Gasteiger partial charge on any atom is 0.251 e. The van der Waals surface area contributed by atoms with Gasteiger partial charge in [-0.05, 0) is 18.8 Å². The third-order valence-corrected chi connectivity index (χ3v) is 3.51. The standard InChI is InChI=1S/C11H21N3O2/c1-7(2)10(11(15)13-12)14-5-8-3-4-9(6-14)16-8/h7-10H,3-6,12H2,1-2H3,(H,13,15). The van der Waals surface area contributed by atoms with Gasteiger partial charge >= 0.3 is 0 Å². The predicted molar refractivity (Wildman–Crippen MR) is 60.4 cm³/mol. The summed E-state index contributed by atoms with van der Waals surface area (Å²) in [4.78, 5) is 14.0. The van der Waals surface area contributed by atoms with Crippen LogP contribution >= 0.6 is 0 Å². The SMILES string of the molecule is CC(C)C(C(=O)NN)N1CC2CCC(C1)O2. The molecule has 2 rings (SSSR count). The highest BCUT2D eigenvalue weighted by atomic mass is 16.5. The predicted octanol–water partition coefficient (Wildman–Crippen LogP) is -0.136. The van der Waals surface area contributed by atoms with Gasteiger partial charge in [-0.25, -0.2) is 5.84 Å². The Balaban J connectivity index is 2.06. The zero-order valence-corrected chi connectivity index (χ0v) is 9.98. The van der Waals surface area contributed by atoms with Crippen LogP contribution in [0.3, 0.4) is 0 Å². The van der Waals surface area contributed by atoms with E-state index in [0.29, 0.717) is 12.2 Å². The van der Waals surface area contributed by atoms with Crippen LogP contribution in [0.1, 0.15) is 26.7 Å². The van der Waals surface area contributed by atoms with Crippen LogP contribution in [0.5, 0.6) is 0 Å². The number of rotatable bonds is 3. The van der Waals surface area contributed by atoms with Crippen LogP contribution in [0, 0.1) is 5.92 Å². The van der Waals surface area contributed by atoms with E-state index in [4.69, 9.17) is 10.6 Å². The number of nitrogens with one attached hydrogen (secondary N) is 1. The van der Waals surface area contributed by atoms with Crippen molar-refractivity contribution in [2.24, 2.45) is 11.8 Å². The number of likely N-dealkylation sites (tertiary alicyclic amines) is 1. The van der Waals surface area contributed by atoms with Gasteiger partial charge < -0.3 is 4.74 Å². The first-order valence-corrected chi connectivity index (χ1v) is 6.01. The van der Waals surface area contributed by atoms with Crippen LogP contribution < -0.4 is 11.3 Å². The number of carbonyl (C=O) groups is 1. The maximum atomic E-state index is 11.8. The topological polar surface area (TPSA) is 67.6 Å². The number of morpholine rings is 1. The zero-order valence-electron chi connectivity index (χ0n) is 9.98. The third kappa shape index (κ3) is 2.21. The summed E-state index contributed by atoms with van der Waals surface area (Å²) in [5, 5.41) is 0. The number of amides is 1. The number of ether oxygens (including phenoxy) is 1. The van der Waals surface area contributed by atoms with Crippen LogP contribution in [0.25, 0.3) is 0 Å². The molecule has 0 spiro atoms. The first-order valence-electron chi connectivity index (χ1n) is 6.01. The molecule has 0 aliphatic carbocycles. The van der Waals surface area contributed by atoms with Crippen molar-refractivity contribution in [3.8, 4) is 0 Å². The van der Waals surface area contributed by atoms with Gasteiger partial charge in [-0.3, -0.25) is 15.1 Å². The fourth-order valence-corrected chi connectivity index (χ4v) is 2.85. The molecular weight excluding hydrogens is 206 g/mol. The first kappa shape index (κ1) is 11.8. The number of hydrazine groups is 1. The largest absolute Gasteiger partial charge is 0.372 e. The molecule has 0 saturated carbocycles. The lowest BCUT2D eigenvalue weighted by atomic mass is 10.0. The molecule has 16 heavy (non-hydrogen) atoms. The summed E-state index contributed by atoms with van der Waals surface area (Å²) >= 11 is 0. The van der Waals surface area contributed by atoms with Gasteiger partial charge in [0.25, 0.3) is 5.91 Å². The molecule has 2 fully saturated rings. The van der Waals surface area contributed by atoms with Crippen molar-refractivity contribution in [3.05, 3.63) is 0 Å². The van der Waals surface area contributed by atoms with Crippen molar-refractivity contribution in [1.82, 2.24) is 10.3 Å². The van der Waals surface area contributed by atoms with Crippen molar-refractivity contribution >= 4 is 5.91 Å². The van der Waals surface area contributed by atoms with Gasteiger partial charge in [0.1, 0.15) is 0 Å². The average Bonchev–Trinajstić information content (AvgIpc) is 2.57. The number of carbonyl (C=O) groups excluding carboxylic acids is 1. The van der Waals surface area contributed by atoms with Crippen molar-refractivity contribution in [2.75, 3.05) is 13.1 Å². The molecule has 3 atom stereocenters. The summed E-state index contributed by atoms with van der Waals surface area (Å²) in [7, 11) is 0. The Hall–Kier alpha value is -0.650. The first-order chi connectivity index (χ1) is 7.61. The third-order valence-electron chi connectivity index (χ3n) is 3.51. The Bertz CT molecular complexity index is 258. The van der Waals surface area contributed by atoms with Crippen LogP contribution in [0.2, 0.25) is 0 Å². The minimum atomic E-state index is -0.128. The molecule has 5 heteroatoms. The van der Waals surface area contributed by atoms with Gasteiger partial charge in [-0.1, -0.05) is 13.8 Å². The summed E-state index contributed by atoms with van der Waals surface area (Å²) in [6.45, 7) is 5.81. The van der Waals surface area contributed by atoms with E-state index >= 15 is 0 Å². The highest BCUT2D eigenvalue weighted by molar-refractivity contribution is 5.81. The summed E-state index contributed by atoms with van der Waals surface area (Å²) < 4.78 is 5.77. The Morgan fingerprint density at radius 3 is 2.38 bits per heavy atom. The molecule has 0 radical (unpaired) electrons. The van der Waals surface area contributed by atoms with Gasteiger partial charge in [0.05, 0.1) is 18.2 Å². The Morgan fingerprint density at radius 2 is 1.94 bits per heavy atom. The number of fused-ring (bicyclic) bond motifs is 2. The lowest BCUT2D eigenvalue weighted by Gasteiger charge is -2.38. The summed E-state index contributed by atoms with van der Waals surface area (Å²) in [5.41, 5.74) is 2.27. The molecule has 5 nitrogen and oxygen atoms in total. The molecule has 2 bridgehead atoms. The molecule has 1 amide bonds. The minimum absolute atomic E-state index is 0.0868. The quantitative estimate of drug-likeness (QED) is 0.400. The molecule has 92 valence electrons. The van der Waals surface area contributed by atoms with E-state index in [1.54, 1.807) is 0 Å². The monoisotopic (exact) mass is 227 g/mol. The Kier molecular flexibility index (Phi) is 3.47.